The maximum atomic E-state index is 12.8. The molecule has 0 unspecified atom stereocenters. The first kappa shape index (κ1) is 25.8. The van der Waals surface area contributed by atoms with Crippen molar-refractivity contribution < 1.29 is 21.6 Å². The predicted octanol–water partition coefficient (Wildman–Crippen LogP) is 5.52. The third-order valence-corrected chi connectivity index (χ3v) is 6.86. The number of rotatable bonds is 9. The van der Waals surface area contributed by atoms with E-state index in [0.717, 1.165) is 23.4 Å². The smallest absolute Gasteiger partial charge is 0.340 e. The lowest BCUT2D eigenvalue weighted by molar-refractivity contribution is -0.137. The zero-order valence-corrected chi connectivity index (χ0v) is 20.1. The number of hydrogen-bond donors (Lipinski definition) is 3. The molecule has 0 saturated heterocycles. The second-order valence-electron chi connectivity index (χ2n) is 7.89. The van der Waals surface area contributed by atoms with Crippen molar-refractivity contribution in [3.8, 4) is 0 Å². The number of nitrogens with two attached hydrogens (primary N) is 1. The molecule has 0 fully saturated rings. The highest BCUT2D eigenvalue weighted by atomic mass is 32.2. The van der Waals surface area contributed by atoms with Gasteiger partial charge in [0.1, 0.15) is 18.0 Å². The highest BCUT2D eigenvalue weighted by Crippen LogP contribution is 2.31. The molecule has 0 atom stereocenters. The SMILES string of the molecule is CC(C)CSCc1ccc(S(N)(=O)=O)cc1Nc1cc(Nc2ccc(C(F)(F)F)cc2)ncn1. The summed E-state index contributed by atoms with van der Waals surface area (Å²) in [5.74, 6) is 2.80. The summed E-state index contributed by atoms with van der Waals surface area (Å²) in [5.41, 5.74) is 1.07. The summed E-state index contributed by atoms with van der Waals surface area (Å²) < 4.78 is 62.0. The number of nitrogens with one attached hydrogen (secondary N) is 2. The van der Waals surface area contributed by atoms with E-state index in [1.54, 1.807) is 23.9 Å². The average Bonchev–Trinajstić information content (AvgIpc) is 2.74. The fourth-order valence-electron chi connectivity index (χ4n) is 2.90. The van der Waals surface area contributed by atoms with Crippen LogP contribution in [0.1, 0.15) is 25.0 Å². The molecular weight excluding hydrogens is 487 g/mol. The van der Waals surface area contributed by atoms with Crippen LogP contribution in [0.4, 0.5) is 36.2 Å². The molecule has 0 saturated carbocycles. The van der Waals surface area contributed by atoms with Gasteiger partial charge in [0.2, 0.25) is 10.0 Å². The molecule has 1 aromatic heterocycles. The Hall–Kier alpha value is -2.83. The molecule has 1 heterocycles. The van der Waals surface area contributed by atoms with Gasteiger partial charge in [0.15, 0.2) is 0 Å². The van der Waals surface area contributed by atoms with E-state index in [4.69, 9.17) is 5.14 Å². The quantitative estimate of drug-likeness (QED) is 0.347. The van der Waals surface area contributed by atoms with E-state index in [1.165, 1.54) is 30.6 Å². The van der Waals surface area contributed by atoms with Crippen LogP contribution < -0.4 is 15.8 Å². The minimum Gasteiger partial charge on any atom is -0.340 e. The lowest BCUT2D eigenvalue weighted by Gasteiger charge is -2.14. The first-order valence-corrected chi connectivity index (χ1v) is 12.9. The van der Waals surface area contributed by atoms with Gasteiger partial charge in [0.25, 0.3) is 0 Å². The van der Waals surface area contributed by atoms with Gasteiger partial charge < -0.3 is 10.6 Å². The lowest BCUT2D eigenvalue weighted by atomic mass is 10.2. The lowest BCUT2D eigenvalue weighted by Crippen LogP contribution is -2.13. The number of hydrogen-bond acceptors (Lipinski definition) is 7. The molecule has 4 N–H and O–H groups in total. The van der Waals surface area contributed by atoms with Crippen LogP contribution in [0, 0.1) is 5.92 Å². The van der Waals surface area contributed by atoms with Gasteiger partial charge in [-0.15, -0.1) is 0 Å². The summed E-state index contributed by atoms with van der Waals surface area (Å²) in [5, 5.41) is 11.3. The van der Waals surface area contributed by atoms with E-state index >= 15 is 0 Å². The topological polar surface area (TPSA) is 110 Å². The molecule has 3 rings (SSSR count). The van der Waals surface area contributed by atoms with Gasteiger partial charge in [-0.25, -0.2) is 23.5 Å². The summed E-state index contributed by atoms with van der Waals surface area (Å²) in [6.07, 6.45) is -3.13. The minimum absolute atomic E-state index is 0.0373. The molecule has 12 heteroatoms. The van der Waals surface area contributed by atoms with Crippen molar-refractivity contribution in [1.29, 1.82) is 0 Å². The monoisotopic (exact) mass is 511 g/mol. The molecule has 0 bridgehead atoms. The summed E-state index contributed by atoms with van der Waals surface area (Å²) in [7, 11) is -3.90. The van der Waals surface area contributed by atoms with Crippen molar-refractivity contribution in [1.82, 2.24) is 9.97 Å². The third kappa shape index (κ3) is 7.34. The summed E-state index contributed by atoms with van der Waals surface area (Å²) in [6.45, 7) is 4.23. The zero-order valence-electron chi connectivity index (χ0n) is 18.4. The highest BCUT2D eigenvalue weighted by molar-refractivity contribution is 7.98. The Kier molecular flexibility index (Phi) is 8.05. The van der Waals surface area contributed by atoms with E-state index in [1.807, 2.05) is 0 Å². The molecule has 3 aromatic rings. The number of benzene rings is 2. The van der Waals surface area contributed by atoms with Crippen molar-refractivity contribution in [2.75, 3.05) is 16.4 Å². The van der Waals surface area contributed by atoms with Crippen LogP contribution in [0.25, 0.3) is 0 Å². The zero-order chi connectivity index (χ0) is 24.9. The van der Waals surface area contributed by atoms with E-state index in [0.29, 0.717) is 34.7 Å². The number of aromatic nitrogens is 2. The Morgan fingerprint density at radius 2 is 1.65 bits per heavy atom. The van der Waals surface area contributed by atoms with Gasteiger partial charge >= 0.3 is 6.18 Å². The van der Waals surface area contributed by atoms with Crippen molar-refractivity contribution in [3.63, 3.8) is 0 Å². The molecule has 0 amide bonds. The maximum absolute atomic E-state index is 12.8. The second kappa shape index (κ2) is 10.6. The molecule has 0 radical (unpaired) electrons. The number of nitrogens with zero attached hydrogens (tertiary/aromatic N) is 2. The van der Waals surface area contributed by atoms with Crippen LogP contribution in [-0.2, 0) is 22.0 Å². The number of thioether (sulfide) groups is 1. The molecule has 0 aliphatic heterocycles. The summed E-state index contributed by atoms with van der Waals surface area (Å²) >= 11 is 1.71. The normalized spacial score (nSPS) is 12.1. The van der Waals surface area contributed by atoms with Crippen LogP contribution in [0.5, 0.6) is 0 Å². The van der Waals surface area contributed by atoms with Crippen LogP contribution in [0.2, 0.25) is 0 Å². The fraction of sp³-hybridized carbons (Fsp3) is 0.273. The van der Waals surface area contributed by atoms with E-state index < -0.39 is 21.8 Å². The first-order valence-electron chi connectivity index (χ1n) is 10.2. The summed E-state index contributed by atoms with van der Waals surface area (Å²) in [4.78, 5) is 8.22. The fourth-order valence-corrected chi connectivity index (χ4v) is 4.50. The molecular formula is C22H24F3N5O2S2. The second-order valence-corrected chi connectivity index (χ2v) is 10.5. The Bertz CT molecular complexity index is 1230. The van der Waals surface area contributed by atoms with Crippen molar-refractivity contribution >= 4 is 44.8 Å². The van der Waals surface area contributed by atoms with Crippen LogP contribution in [0.15, 0.2) is 59.8 Å². The van der Waals surface area contributed by atoms with Gasteiger partial charge in [0, 0.05) is 23.2 Å². The number of alkyl halides is 3. The molecule has 7 nitrogen and oxygen atoms in total. The number of primary sulfonamides is 1. The Morgan fingerprint density at radius 3 is 2.24 bits per heavy atom. The number of anilines is 4. The molecule has 0 aliphatic rings. The molecule has 182 valence electrons. The molecule has 0 spiro atoms. The summed E-state index contributed by atoms with van der Waals surface area (Å²) in [6, 6.07) is 10.7. The Balaban J connectivity index is 1.82. The predicted molar refractivity (Wildman–Crippen MR) is 129 cm³/mol. The number of halogens is 3. The number of sulfonamides is 1. The van der Waals surface area contributed by atoms with Crippen molar-refractivity contribution in [2.24, 2.45) is 11.1 Å². The average molecular weight is 512 g/mol. The minimum atomic E-state index is -4.42. The largest absolute Gasteiger partial charge is 0.416 e. The molecule has 34 heavy (non-hydrogen) atoms. The van der Waals surface area contributed by atoms with Gasteiger partial charge in [-0.3, -0.25) is 0 Å². The van der Waals surface area contributed by atoms with Gasteiger partial charge in [-0.05, 0) is 53.6 Å². The first-order chi connectivity index (χ1) is 15.9. The molecule has 0 aliphatic carbocycles. The van der Waals surface area contributed by atoms with Gasteiger partial charge in [-0.1, -0.05) is 19.9 Å². The van der Waals surface area contributed by atoms with E-state index in [2.05, 4.69) is 34.4 Å². The van der Waals surface area contributed by atoms with Crippen LogP contribution >= 0.6 is 11.8 Å². The van der Waals surface area contributed by atoms with Gasteiger partial charge in [-0.2, -0.15) is 24.9 Å². The molecule has 2 aromatic carbocycles. The van der Waals surface area contributed by atoms with Crippen molar-refractivity contribution in [2.45, 2.75) is 30.7 Å². The van der Waals surface area contributed by atoms with Gasteiger partial charge in [0.05, 0.1) is 10.5 Å². The van der Waals surface area contributed by atoms with Crippen molar-refractivity contribution in [3.05, 3.63) is 66.0 Å². The van der Waals surface area contributed by atoms with Crippen LogP contribution in [0.3, 0.4) is 0 Å². The third-order valence-electron chi connectivity index (χ3n) is 4.53. The highest BCUT2D eigenvalue weighted by Gasteiger charge is 2.29. The van der Waals surface area contributed by atoms with Crippen LogP contribution in [-0.4, -0.2) is 24.1 Å². The Labute approximate surface area is 200 Å². The standard InChI is InChI=1S/C22H24F3N5O2S2/c1-14(2)11-33-12-15-3-8-18(34(26,31)32)9-19(15)30-21-10-20(27-13-28-21)29-17-6-4-16(5-7-17)22(23,24)25/h3-10,13-14H,11-12H2,1-2H3,(H2,26,31,32)(H2,27,28,29,30). The van der Waals surface area contributed by atoms with E-state index in [9.17, 15) is 21.6 Å². The maximum Gasteiger partial charge on any atom is 0.416 e. The van der Waals surface area contributed by atoms with E-state index in [-0.39, 0.29) is 4.90 Å². The Morgan fingerprint density at radius 1 is 1.00 bits per heavy atom.